The third-order valence-electron chi connectivity index (χ3n) is 2.05. The fraction of sp³-hybridized carbons (Fsp3) is 0.400. The average molecular weight is 290 g/mol. The molecule has 0 fully saturated rings. The van der Waals surface area contributed by atoms with Crippen LogP contribution in [0.1, 0.15) is 23.9 Å². The van der Waals surface area contributed by atoms with Gasteiger partial charge in [-0.15, -0.1) is 0 Å². The predicted molar refractivity (Wildman–Crippen MR) is 64.2 cm³/mol. The summed E-state index contributed by atoms with van der Waals surface area (Å²) in [6, 6.07) is 2.03. The van der Waals surface area contributed by atoms with Gasteiger partial charge >= 0.3 is 5.97 Å². The van der Waals surface area contributed by atoms with Crippen LogP contribution in [0.2, 0.25) is 0 Å². The number of amides is 1. The van der Waals surface area contributed by atoms with E-state index >= 15 is 0 Å². The number of aromatic carboxylic acids is 1. The summed E-state index contributed by atoms with van der Waals surface area (Å²) in [5, 5.41) is 10.5. The van der Waals surface area contributed by atoms with E-state index in [9.17, 15) is 18.0 Å². The third kappa shape index (κ3) is 4.38. The van der Waals surface area contributed by atoms with Gasteiger partial charge in [-0.25, -0.2) is 13.2 Å². The number of sulfonamides is 1. The molecule has 0 aliphatic carbocycles. The first-order chi connectivity index (χ1) is 8.86. The van der Waals surface area contributed by atoms with Crippen LogP contribution in [0.15, 0.2) is 21.6 Å². The number of hydrogen-bond donors (Lipinski definition) is 3. The van der Waals surface area contributed by atoms with Crippen LogP contribution < -0.4 is 10.0 Å². The molecule has 0 aliphatic rings. The second kappa shape index (κ2) is 6.34. The lowest BCUT2D eigenvalue weighted by Gasteiger charge is -2.04. The van der Waals surface area contributed by atoms with Crippen LogP contribution in [-0.2, 0) is 14.8 Å². The molecule has 1 aromatic rings. The molecule has 0 radical (unpaired) electrons. The number of hydrogen-bond acceptors (Lipinski definition) is 5. The monoisotopic (exact) mass is 290 g/mol. The number of furan rings is 1. The maximum absolute atomic E-state index is 11.7. The fourth-order valence-corrected chi connectivity index (χ4v) is 2.05. The van der Waals surface area contributed by atoms with Crippen LogP contribution in [0.4, 0.5) is 0 Å². The Morgan fingerprint density at radius 2 is 2.05 bits per heavy atom. The van der Waals surface area contributed by atoms with E-state index in [1.165, 1.54) is 0 Å². The van der Waals surface area contributed by atoms with Gasteiger partial charge in [0.2, 0.25) is 16.8 Å². The van der Waals surface area contributed by atoms with Crippen molar-refractivity contribution < 1.29 is 27.5 Å². The Morgan fingerprint density at radius 1 is 1.37 bits per heavy atom. The normalized spacial score (nSPS) is 11.2. The maximum atomic E-state index is 11.7. The molecule has 19 heavy (non-hydrogen) atoms. The van der Waals surface area contributed by atoms with Crippen LogP contribution in [0.3, 0.4) is 0 Å². The maximum Gasteiger partial charge on any atom is 0.371 e. The Kier molecular flexibility index (Phi) is 5.07. The third-order valence-corrected chi connectivity index (χ3v) is 3.33. The molecule has 0 spiro atoms. The first-order valence-electron chi connectivity index (χ1n) is 5.46. The molecular formula is C10H14N2O6S. The highest BCUT2D eigenvalue weighted by atomic mass is 32.2. The SMILES string of the molecule is CCCNC(=O)CNS(=O)(=O)c1ccc(C(=O)O)o1. The van der Waals surface area contributed by atoms with Crippen molar-refractivity contribution in [1.29, 1.82) is 0 Å². The Balaban J connectivity index is 2.65. The van der Waals surface area contributed by atoms with Crippen LogP contribution in [0.25, 0.3) is 0 Å². The van der Waals surface area contributed by atoms with Gasteiger partial charge in [0, 0.05) is 6.54 Å². The summed E-state index contributed by atoms with van der Waals surface area (Å²) in [5.74, 6) is -2.34. The zero-order valence-corrected chi connectivity index (χ0v) is 11.0. The first kappa shape index (κ1) is 15.2. The van der Waals surface area contributed by atoms with Crippen LogP contribution in [0, 0.1) is 0 Å². The van der Waals surface area contributed by atoms with E-state index in [-0.39, 0.29) is 0 Å². The fourth-order valence-electron chi connectivity index (χ4n) is 1.14. The first-order valence-corrected chi connectivity index (χ1v) is 6.94. The summed E-state index contributed by atoms with van der Waals surface area (Å²) in [7, 11) is -4.03. The summed E-state index contributed by atoms with van der Waals surface area (Å²) in [6.07, 6.45) is 0.735. The molecular weight excluding hydrogens is 276 g/mol. The molecule has 9 heteroatoms. The van der Waals surface area contributed by atoms with Crippen molar-refractivity contribution in [1.82, 2.24) is 10.0 Å². The highest BCUT2D eigenvalue weighted by Crippen LogP contribution is 2.13. The average Bonchev–Trinajstić information content (AvgIpc) is 2.84. The minimum Gasteiger partial charge on any atom is -0.475 e. The summed E-state index contributed by atoms with van der Waals surface area (Å²) >= 11 is 0. The minimum absolute atomic E-state index is 0.439. The Labute approximate surface area is 109 Å². The lowest BCUT2D eigenvalue weighted by Crippen LogP contribution is -2.37. The van der Waals surface area contributed by atoms with Crippen molar-refractivity contribution in [2.45, 2.75) is 18.4 Å². The molecule has 0 bridgehead atoms. The summed E-state index contributed by atoms with van der Waals surface area (Å²) in [4.78, 5) is 21.8. The number of carbonyl (C=O) groups excluding carboxylic acids is 1. The molecule has 1 heterocycles. The highest BCUT2D eigenvalue weighted by Gasteiger charge is 2.21. The van der Waals surface area contributed by atoms with Gasteiger partial charge < -0.3 is 14.8 Å². The molecule has 0 saturated carbocycles. The molecule has 1 amide bonds. The van der Waals surface area contributed by atoms with Gasteiger partial charge in [-0.05, 0) is 18.6 Å². The molecule has 0 unspecified atom stereocenters. The number of nitrogens with one attached hydrogen (secondary N) is 2. The smallest absolute Gasteiger partial charge is 0.371 e. The lowest BCUT2D eigenvalue weighted by molar-refractivity contribution is -0.119. The van der Waals surface area contributed by atoms with Gasteiger partial charge in [-0.1, -0.05) is 6.92 Å². The van der Waals surface area contributed by atoms with Crippen LogP contribution in [-0.4, -0.2) is 38.5 Å². The van der Waals surface area contributed by atoms with Crippen molar-refractivity contribution in [3.8, 4) is 0 Å². The molecule has 1 rings (SSSR count). The summed E-state index contributed by atoms with van der Waals surface area (Å²) in [5.41, 5.74) is 0. The van der Waals surface area contributed by atoms with Gasteiger partial charge in [-0.2, -0.15) is 4.72 Å². The van der Waals surface area contributed by atoms with E-state index < -0.39 is 39.3 Å². The zero-order chi connectivity index (χ0) is 14.5. The Morgan fingerprint density at radius 3 is 2.58 bits per heavy atom. The largest absolute Gasteiger partial charge is 0.475 e. The van der Waals surface area contributed by atoms with Crippen molar-refractivity contribution in [2.24, 2.45) is 0 Å². The van der Waals surface area contributed by atoms with Gasteiger partial charge in [0.25, 0.3) is 10.0 Å². The second-order valence-electron chi connectivity index (χ2n) is 3.60. The minimum atomic E-state index is -4.03. The van der Waals surface area contributed by atoms with E-state index in [0.29, 0.717) is 6.54 Å². The molecule has 3 N–H and O–H groups in total. The lowest BCUT2D eigenvalue weighted by atomic mass is 10.5. The van der Waals surface area contributed by atoms with E-state index in [2.05, 4.69) is 9.73 Å². The molecule has 0 saturated heterocycles. The molecule has 0 aromatic carbocycles. The topological polar surface area (TPSA) is 126 Å². The van der Waals surface area contributed by atoms with Crippen molar-refractivity contribution in [3.05, 3.63) is 17.9 Å². The quantitative estimate of drug-likeness (QED) is 0.637. The second-order valence-corrected chi connectivity index (χ2v) is 5.30. The Bertz CT molecular complexity index is 562. The molecule has 0 atom stereocenters. The van der Waals surface area contributed by atoms with Gasteiger partial charge in [0.1, 0.15) is 0 Å². The Hall–Kier alpha value is -1.87. The zero-order valence-electron chi connectivity index (χ0n) is 10.2. The van der Waals surface area contributed by atoms with E-state index in [0.717, 1.165) is 18.6 Å². The van der Waals surface area contributed by atoms with Crippen LogP contribution >= 0.6 is 0 Å². The summed E-state index contributed by atoms with van der Waals surface area (Å²) in [6.45, 7) is 1.87. The molecule has 106 valence electrons. The predicted octanol–water partition coefficient (Wildman–Crippen LogP) is -0.218. The molecule has 8 nitrogen and oxygen atoms in total. The number of carboxylic acids is 1. The van der Waals surface area contributed by atoms with Crippen molar-refractivity contribution in [2.75, 3.05) is 13.1 Å². The van der Waals surface area contributed by atoms with E-state index in [1.807, 2.05) is 11.6 Å². The van der Waals surface area contributed by atoms with E-state index in [4.69, 9.17) is 5.11 Å². The number of rotatable bonds is 7. The van der Waals surface area contributed by atoms with E-state index in [1.54, 1.807) is 0 Å². The standard InChI is InChI=1S/C10H14N2O6S/c1-2-5-11-8(13)6-12-19(16,17)9-4-3-7(18-9)10(14)15/h3-4,12H,2,5-6H2,1H3,(H,11,13)(H,14,15). The number of carboxylic acid groups (broad SMARTS) is 1. The summed E-state index contributed by atoms with van der Waals surface area (Å²) < 4.78 is 30.0. The van der Waals surface area contributed by atoms with Gasteiger partial charge in [-0.3, -0.25) is 4.79 Å². The van der Waals surface area contributed by atoms with Gasteiger partial charge in [0.15, 0.2) is 0 Å². The molecule has 1 aromatic heterocycles. The van der Waals surface area contributed by atoms with Gasteiger partial charge in [0.05, 0.1) is 6.54 Å². The highest BCUT2D eigenvalue weighted by molar-refractivity contribution is 7.89. The molecule has 0 aliphatic heterocycles. The van der Waals surface area contributed by atoms with Crippen molar-refractivity contribution in [3.63, 3.8) is 0 Å². The van der Waals surface area contributed by atoms with Crippen molar-refractivity contribution >= 4 is 21.9 Å². The van der Waals surface area contributed by atoms with Crippen LogP contribution in [0.5, 0.6) is 0 Å². The number of carbonyl (C=O) groups is 2.